The molecule has 1 atom stereocenters. The second-order valence-electron chi connectivity index (χ2n) is 4.38. The van der Waals surface area contributed by atoms with Gasteiger partial charge >= 0.3 is 0 Å². The summed E-state index contributed by atoms with van der Waals surface area (Å²) in [4.78, 5) is 11.7. The summed E-state index contributed by atoms with van der Waals surface area (Å²) in [5.41, 5.74) is 5.79. The lowest BCUT2D eigenvalue weighted by molar-refractivity contribution is -0.131. The fourth-order valence-corrected chi connectivity index (χ4v) is 1.31. The largest absolute Gasteiger partial charge is 0.368 e. The Morgan fingerprint density at radius 2 is 2.12 bits per heavy atom. The quantitative estimate of drug-likeness (QED) is 0.477. The van der Waals surface area contributed by atoms with Crippen LogP contribution < -0.4 is 11.1 Å². The normalized spacial score (nSPS) is 13.2. The van der Waals surface area contributed by atoms with Gasteiger partial charge in [-0.1, -0.05) is 19.9 Å². The van der Waals surface area contributed by atoms with Gasteiger partial charge in [0.2, 0.25) is 5.91 Å². The highest BCUT2D eigenvalue weighted by Gasteiger charge is 2.22. The van der Waals surface area contributed by atoms with Crippen molar-refractivity contribution in [3.8, 4) is 0 Å². The minimum absolute atomic E-state index is 0.106. The average Bonchev–Trinajstić information content (AvgIpc) is 2.35. The zero-order chi connectivity index (χ0) is 13.3. The number of carbonyl (C=O) groups excluding carboxylic acids is 1. The zero-order valence-corrected chi connectivity index (χ0v) is 11.3. The van der Waals surface area contributed by atoms with Gasteiger partial charge in [-0.25, -0.2) is 0 Å². The van der Waals surface area contributed by atoms with E-state index in [0.717, 1.165) is 19.3 Å². The zero-order valence-electron chi connectivity index (χ0n) is 11.3. The number of ether oxygens (including phenoxy) is 1. The number of rotatable bonds is 9. The molecule has 0 aromatic heterocycles. The van der Waals surface area contributed by atoms with Crippen molar-refractivity contribution in [2.45, 2.75) is 51.7 Å². The van der Waals surface area contributed by atoms with E-state index in [1.807, 2.05) is 13.8 Å². The van der Waals surface area contributed by atoms with Gasteiger partial charge in [0, 0.05) is 12.1 Å². The molecule has 0 aromatic rings. The fraction of sp³-hybridized carbons (Fsp3) is 0.769. The first kappa shape index (κ1) is 16.1. The van der Waals surface area contributed by atoms with Crippen molar-refractivity contribution in [1.29, 1.82) is 0 Å². The molecule has 0 aliphatic rings. The molecular formula is C13H26N2O2. The van der Waals surface area contributed by atoms with Crippen molar-refractivity contribution in [3.63, 3.8) is 0 Å². The molecule has 0 aliphatic carbocycles. The standard InChI is InChI=1S/C13H26N2O2/c1-5-8-9-17-11(4)12(16)15-10-13(14,6-2)7-3/h5,11H,1,6-10,14H2,2-4H3,(H,15,16). The van der Waals surface area contributed by atoms with Gasteiger partial charge in [0.05, 0.1) is 6.61 Å². The van der Waals surface area contributed by atoms with Crippen molar-refractivity contribution < 1.29 is 9.53 Å². The summed E-state index contributed by atoms with van der Waals surface area (Å²) in [6.45, 7) is 10.4. The summed E-state index contributed by atoms with van der Waals surface area (Å²) < 4.78 is 5.35. The van der Waals surface area contributed by atoms with E-state index in [-0.39, 0.29) is 11.4 Å². The molecule has 0 heterocycles. The maximum Gasteiger partial charge on any atom is 0.248 e. The van der Waals surface area contributed by atoms with Crippen LogP contribution in [-0.4, -0.2) is 30.7 Å². The summed E-state index contributed by atoms with van der Waals surface area (Å²) >= 11 is 0. The Labute approximate surface area is 105 Å². The highest BCUT2D eigenvalue weighted by molar-refractivity contribution is 5.80. The lowest BCUT2D eigenvalue weighted by Gasteiger charge is -2.27. The van der Waals surface area contributed by atoms with Crippen LogP contribution in [0.2, 0.25) is 0 Å². The van der Waals surface area contributed by atoms with Gasteiger partial charge in [0.15, 0.2) is 0 Å². The first-order valence-corrected chi connectivity index (χ1v) is 6.28. The molecule has 17 heavy (non-hydrogen) atoms. The van der Waals surface area contributed by atoms with Crippen LogP contribution in [-0.2, 0) is 9.53 Å². The minimum Gasteiger partial charge on any atom is -0.368 e. The maximum absolute atomic E-state index is 11.7. The van der Waals surface area contributed by atoms with Gasteiger partial charge < -0.3 is 15.8 Å². The second-order valence-corrected chi connectivity index (χ2v) is 4.38. The Bertz CT molecular complexity index is 238. The molecule has 0 saturated carbocycles. The Morgan fingerprint density at radius 1 is 1.53 bits per heavy atom. The third-order valence-corrected chi connectivity index (χ3v) is 3.08. The molecule has 0 spiro atoms. The minimum atomic E-state index is -0.437. The van der Waals surface area contributed by atoms with Crippen LogP contribution in [0.3, 0.4) is 0 Å². The van der Waals surface area contributed by atoms with Crippen LogP contribution in [0.5, 0.6) is 0 Å². The van der Waals surface area contributed by atoms with Gasteiger partial charge in [0.1, 0.15) is 6.10 Å². The average molecular weight is 242 g/mol. The maximum atomic E-state index is 11.7. The monoisotopic (exact) mass is 242 g/mol. The molecule has 0 aromatic carbocycles. The molecule has 3 N–H and O–H groups in total. The topological polar surface area (TPSA) is 64.3 Å². The van der Waals surface area contributed by atoms with E-state index in [0.29, 0.717) is 13.2 Å². The van der Waals surface area contributed by atoms with E-state index in [1.165, 1.54) is 0 Å². The van der Waals surface area contributed by atoms with Crippen molar-refractivity contribution >= 4 is 5.91 Å². The lowest BCUT2D eigenvalue weighted by atomic mass is 9.94. The predicted molar refractivity (Wildman–Crippen MR) is 70.7 cm³/mol. The summed E-state index contributed by atoms with van der Waals surface area (Å²) in [6.07, 6.45) is 3.77. The van der Waals surface area contributed by atoms with E-state index < -0.39 is 6.10 Å². The molecule has 1 unspecified atom stereocenters. The van der Waals surface area contributed by atoms with Gasteiger partial charge in [0.25, 0.3) is 0 Å². The van der Waals surface area contributed by atoms with Crippen LogP contribution >= 0.6 is 0 Å². The molecule has 4 heteroatoms. The molecular weight excluding hydrogens is 216 g/mol. The molecule has 0 rings (SSSR count). The van der Waals surface area contributed by atoms with Crippen molar-refractivity contribution in [3.05, 3.63) is 12.7 Å². The molecule has 1 amide bonds. The van der Waals surface area contributed by atoms with Crippen molar-refractivity contribution in [1.82, 2.24) is 5.32 Å². The van der Waals surface area contributed by atoms with Crippen LogP contribution in [0.25, 0.3) is 0 Å². The molecule has 0 radical (unpaired) electrons. The Hall–Kier alpha value is -0.870. The van der Waals surface area contributed by atoms with Crippen LogP contribution in [0.15, 0.2) is 12.7 Å². The lowest BCUT2D eigenvalue weighted by Crippen LogP contribution is -2.51. The number of hydrogen-bond donors (Lipinski definition) is 2. The van der Waals surface area contributed by atoms with Gasteiger partial charge in [-0.3, -0.25) is 4.79 Å². The molecule has 4 nitrogen and oxygen atoms in total. The van der Waals surface area contributed by atoms with Crippen LogP contribution in [0.4, 0.5) is 0 Å². The molecule has 0 bridgehead atoms. The third kappa shape index (κ3) is 6.44. The first-order valence-electron chi connectivity index (χ1n) is 6.28. The van der Waals surface area contributed by atoms with E-state index in [1.54, 1.807) is 13.0 Å². The summed E-state index contributed by atoms with van der Waals surface area (Å²) in [7, 11) is 0. The Balaban J connectivity index is 3.95. The highest BCUT2D eigenvalue weighted by atomic mass is 16.5. The second kappa shape index (κ2) is 8.25. The molecule has 0 saturated heterocycles. The van der Waals surface area contributed by atoms with Gasteiger partial charge in [-0.2, -0.15) is 0 Å². The smallest absolute Gasteiger partial charge is 0.248 e. The van der Waals surface area contributed by atoms with Gasteiger partial charge in [-0.15, -0.1) is 6.58 Å². The number of nitrogens with two attached hydrogens (primary N) is 1. The fourth-order valence-electron chi connectivity index (χ4n) is 1.31. The summed E-state index contributed by atoms with van der Waals surface area (Å²) in [5, 5.41) is 2.84. The molecule has 0 aliphatic heterocycles. The van der Waals surface area contributed by atoms with Crippen LogP contribution in [0, 0.1) is 0 Å². The van der Waals surface area contributed by atoms with Crippen molar-refractivity contribution in [2.24, 2.45) is 5.73 Å². The summed E-state index contributed by atoms with van der Waals surface area (Å²) in [6, 6.07) is 0. The predicted octanol–water partition coefficient (Wildman–Crippen LogP) is 1.60. The Morgan fingerprint density at radius 3 is 2.59 bits per heavy atom. The van der Waals surface area contributed by atoms with Crippen molar-refractivity contribution in [2.75, 3.05) is 13.2 Å². The number of nitrogens with one attached hydrogen (secondary N) is 1. The van der Waals surface area contributed by atoms with Gasteiger partial charge in [-0.05, 0) is 26.2 Å². The highest BCUT2D eigenvalue weighted by Crippen LogP contribution is 2.09. The first-order chi connectivity index (χ1) is 7.99. The van der Waals surface area contributed by atoms with Crippen LogP contribution in [0.1, 0.15) is 40.0 Å². The van der Waals surface area contributed by atoms with E-state index >= 15 is 0 Å². The number of amides is 1. The third-order valence-electron chi connectivity index (χ3n) is 3.08. The number of hydrogen-bond acceptors (Lipinski definition) is 3. The van der Waals surface area contributed by atoms with E-state index in [2.05, 4.69) is 11.9 Å². The number of carbonyl (C=O) groups is 1. The van der Waals surface area contributed by atoms with E-state index in [4.69, 9.17) is 10.5 Å². The SMILES string of the molecule is C=CCCOC(C)C(=O)NCC(N)(CC)CC. The molecule has 0 fully saturated rings. The Kier molecular flexibility index (Phi) is 7.83. The van der Waals surface area contributed by atoms with E-state index in [9.17, 15) is 4.79 Å². The summed E-state index contributed by atoms with van der Waals surface area (Å²) in [5.74, 6) is -0.106. The molecule has 100 valence electrons.